The first-order valence-electron chi connectivity index (χ1n) is 19.6. The number of rotatable bonds is 19. The maximum absolute atomic E-state index is 14.5. The molecule has 304 valence electrons. The van der Waals surface area contributed by atoms with Crippen LogP contribution in [0.2, 0.25) is 0 Å². The summed E-state index contributed by atoms with van der Waals surface area (Å²) in [4.78, 5) is 94.4. The molecule has 0 aliphatic carbocycles. The largest absolute Gasteiger partial charge is 0.344 e. The molecule has 3 rings (SSSR count). The summed E-state index contributed by atoms with van der Waals surface area (Å²) >= 11 is 1.45. The summed E-state index contributed by atoms with van der Waals surface area (Å²) in [6.07, 6.45) is 4.17. The van der Waals surface area contributed by atoms with Crippen LogP contribution in [0.25, 0.3) is 0 Å². The van der Waals surface area contributed by atoms with Crippen LogP contribution in [-0.4, -0.2) is 118 Å². The second kappa shape index (κ2) is 21.1. The van der Waals surface area contributed by atoms with Crippen molar-refractivity contribution < 1.29 is 28.8 Å². The monoisotopic (exact) mass is 781 g/mol. The van der Waals surface area contributed by atoms with Crippen LogP contribution in [0.1, 0.15) is 91.0 Å². The lowest BCUT2D eigenvalue weighted by Gasteiger charge is -2.37. The molecule has 2 aromatic rings. The average molecular weight is 782 g/mol. The predicted molar refractivity (Wildman–Crippen MR) is 214 cm³/mol. The number of carbonyl (C=O) groups is 6. The number of likely N-dealkylation sites (N-methyl/N-ethyl adjacent to an activating group) is 3. The van der Waals surface area contributed by atoms with Crippen LogP contribution in [0.4, 0.5) is 0 Å². The molecular formula is C41H63N7O6S. The van der Waals surface area contributed by atoms with Gasteiger partial charge in [0, 0.05) is 51.6 Å². The summed E-state index contributed by atoms with van der Waals surface area (Å²) in [7, 11) is 4.87. The molecule has 0 bridgehead atoms. The van der Waals surface area contributed by atoms with E-state index in [1.54, 1.807) is 42.7 Å². The molecule has 14 heteroatoms. The van der Waals surface area contributed by atoms with Crippen LogP contribution in [0.15, 0.2) is 42.0 Å². The highest BCUT2D eigenvalue weighted by Gasteiger charge is 2.43. The van der Waals surface area contributed by atoms with Crippen LogP contribution >= 0.6 is 11.3 Å². The van der Waals surface area contributed by atoms with Gasteiger partial charge in [-0.3, -0.25) is 33.8 Å². The highest BCUT2D eigenvalue weighted by Crippen LogP contribution is 2.24. The SMILES string of the molecule is CCCC(=O)N[C@H](C(=O)N1CCC[C@H]1C(=O)N(C)[C@@H](Cc1ccccc1)C(=O)N[C@@H](CC(C)C)C(=O)N(C)[C@H](C(=O)N(C)Cc1cncs1)C(C)C)C(C)C. The van der Waals surface area contributed by atoms with Gasteiger partial charge in [-0.2, -0.15) is 0 Å². The van der Waals surface area contributed by atoms with Gasteiger partial charge in [-0.25, -0.2) is 0 Å². The van der Waals surface area contributed by atoms with E-state index in [9.17, 15) is 28.8 Å². The highest BCUT2D eigenvalue weighted by molar-refractivity contribution is 7.09. The quantitative estimate of drug-likeness (QED) is 0.218. The summed E-state index contributed by atoms with van der Waals surface area (Å²) in [5.74, 6) is -2.44. The van der Waals surface area contributed by atoms with Crippen molar-refractivity contribution in [3.05, 3.63) is 52.5 Å². The molecule has 0 saturated carbocycles. The Morgan fingerprint density at radius 2 is 1.58 bits per heavy atom. The molecule has 6 amide bonds. The molecule has 2 N–H and O–H groups in total. The Labute approximate surface area is 331 Å². The Morgan fingerprint density at radius 1 is 0.909 bits per heavy atom. The number of hydrogen-bond acceptors (Lipinski definition) is 8. The highest BCUT2D eigenvalue weighted by atomic mass is 32.1. The smallest absolute Gasteiger partial charge is 0.246 e. The molecule has 13 nitrogen and oxygen atoms in total. The number of likely N-dealkylation sites (tertiary alicyclic amines) is 1. The van der Waals surface area contributed by atoms with Crippen LogP contribution in [0, 0.1) is 17.8 Å². The maximum Gasteiger partial charge on any atom is 0.246 e. The number of nitrogens with zero attached hydrogens (tertiary/aromatic N) is 5. The fraction of sp³-hybridized carbons (Fsp3) is 0.634. The Bertz CT molecular complexity index is 1580. The second-order valence-electron chi connectivity index (χ2n) is 15.9. The van der Waals surface area contributed by atoms with E-state index in [0.29, 0.717) is 45.2 Å². The third kappa shape index (κ3) is 12.3. The lowest BCUT2D eigenvalue weighted by atomic mass is 9.97. The molecule has 55 heavy (non-hydrogen) atoms. The van der Waals surface area contributed by atoms with Gasteiger partial charge in [0.15, 0.2) is 0 Å². The van der Waals surface area contributed by atoms with Crippen LogP contribution in [0.3, 0.4) is 0 Å². The van der Waals surface area contributed by atoms with Gasteiger partial charge < -0.3 is 30.2 Å². The molecule has 0 spiro atoms. The maximum atomic E-state index is 14.5. The van der Waals surface area contributed by atoms with E-state index < -0.39 is 42.0 Å². The summed E-state index contributed by atoms with van der Waals surface area (Å²) in [5, 5.41) is 5.86. The average Bonchev–Trinajstić information content (AvgIpc) is 3.84. The molecular weight excluding hydrogens is 719 g/mol. The second-order valence-corrected chi connectivity index (χ2v) is 16.8. The summed E-state index contributed by atoms with van der Waals surface area (Å²) in [6, 6.07) is 4.98. The van der Waals surface area contributed by atoms with Crippen molar-refractivity contribution >= 4 is 46.8 Å². The molecule has 1 aliphatic heterocycles. The number of benzene rings is 1. The standard InChI is InChI=1S/C41H63N7O6S/c1-11-16-34(49)44-35(27(4)5)40(53)48-20-15-19-32(48)39(52)46(9)33(22-29-17-13-12-14-18-29)37(50)43-31(21-26(2)3)38(51)47(10)36(28(6)7)41(54)45(8)24-30-23-42-25-55-30/h12-14,17-18,23,25-28,31-33,35-36H,11,15-16,19-22,24H2,1-10H3,(H,43,50)(H,44,49)/t31-,32-,33-,35-,36-/m0/s1. The van der Waals surface area contributed by atoms with Crippen molar-refractivity contribution in [3.8, 4) is 0 Å². The molecule has 0 unspecified atom stereocenters. The van der Waals surface area contributed by atoms with Crippen molar-refractivity contribution in [2.45, 2.75) is 124 Å². The van der Waals surface area contributed by atoms with Gasteiger partial charge >= 0.3 is 0 Å². The third-order valence-electron chi connectivity index (χ3n) is 10.2. The van der Waals surface area contributed by atoms with Gasteiger partial charge in [0.1, 0.15) is 30.2 Å². The lowest BCUT2D eigenvalue weighted by molar-refractivity contribution is -0.150. The zero-order valence-electron chi connectivity index (χ0n) is 34.4. The molecule has 1 saturated heterocycles. The predicted octanol–water partition coefficient (Wildman–Crippen LogP) is 4.12. The fourth-order valence-electron chi connectivity index (χ4n) is 7.18. The fourth-order valence-corrected chi connectivity index (χ4v) is 7.83. The number of carbonyl (C=O) groups excluding carboxylic acids is 6. The van der Waals surface area contributed by atoms with E-state index in [-0.39, 0.29) is 47.8 Å². The lowest BCUT2D eigenvalue weighted by Crippen LogP contribution is -2.60. The molecule has 1 aliphatic rings. The first-order chi connectivity index (χ1) is 26.0. The minimum absolute atomic E-state index is 0.0153. The Hall–Kier alpha value is -4.33. The van der Waals surface area contributed by atoms with Crippen molar-refractivity contribution in [2.24, 2.45) is 17.8 Å². The molecule has 0 radical (unpaired) electrons. The Morgan fingerprint density at radius 3 is 2.15 bits per heavy atom. The Balaban J connectivity index is 1.90. The summed E-state index contributed by atoms with van der Waals surface area (Å²) in [5.41, 5.74) is 2.53. The number of aromatic nitrogens is 1. The molecule has 5 atom stereocenters. The van der Waals surface area contributed by atoms with Gasteiger partial charge in [-0.1, -0.05) is 78.8 Å². The van der Waals surface area contributed by atoms with Gasteiger partial charge in [0.2, 0.25) is 35.4 Å². The van der Waals surface area contributed by atoms with Crippen LogP contribution in [0.5, 0.6) is 0 Å². The van der Waals surface area contributed by atoms with Crippen molar-refractivity contribution in [2.75, 3.05) is 27.7 Å². The van der Waals surface area contributed by atoms with E-state index in [2.05, 4.69) is 15.6 Å². The normalized spacial score (nSPS) is 16.4. The molecule has 1 fully saturated rings. The minimum atomic E-state index is -1.02. The van der Waals surface area contributed by atoms with E-state index in [4.69, 9.17) is 0 Å². The number of hydrogen-bond donors (Lipinski definition) is 2. The summed E-state index contributed by atoms with van der Waals surface area (Å²) < 4.78 is 0. The van der Waals surface area contributed by atoms with E-state index in [1.165, 1.54) is 21.1 Å². The van der Waals surface area contributed by atoms with E-state index >= 15 is 0 Å². The first-order valence-corrected chi connectivity index (χ1v) is 20.5. The van der Waals surface area contributed by atoms with Gasteiger partial charge in [-0.05, 0) is 49.0 Å². The van der Waals surface area contributed by atoms with Crippen molar-refractivity contribution in [3.63, 3.8) is 0 Å². The van der Waals surface area contributed by atoms with Gasteiger partial charge in [0.05, 0.1) is 12.1 Å². The molecule has 1 aromatic heterocycles. The molecule has 2 heterocycles. The topological polar surface area (TPSA) is 152 Å². The van der Waals surface area contributed by atoms with E-state index in [0.717, 1.165) is 10.4 Å². The number of thiazole rings is 1. The van der Waals surface area contributed by atoms with Gasteiger partial charge in [-0.15, -0.1) is 11.3 Å². The Kier molecular flexibility index (Phi) is 17.3. The minimum Gasteiger partial charge on any atom is -0.344 e. The summed E-state index contributed by atoms with van der Waals surface area (Å²) in [6.45, 7) is 14.0. The van der Waals surface area contributed by atoms with Crippen LogP contribution < -0.4 is 10.6 Å². The van der Waals surface area contributed by atoms with Gasteiger partial charge in [0.25, 0.3) is 0 Å². The van der Waals surface area contributed by atoms with Crippen molar-refractivity contribution in [1.29, 1.82) is 0 Å². The third-order valence-corrected chi connectivity index (χ3v) is 10.9. The van der Waals surface area contributed by atoms with E-state index in [1.807, 2.05) is 78.8 Å². The first kappa shape index (κ1) is 45.1. The van der Waals surface area contributed by atoms with Crippen molar-refractivity contribution in [1.82, 2.24) is 35.2 Å². The van der Waals surface area contributed by atoms with Crippen LogP contribution in [-0.2, 0) is 41.7 Å². The number of amides is 6. The zero-order valence-corrected chi connectivity index (χ0v) is 35.2. The zero-order chi connectivity index (χ0) is 41.0. The number of nitrogens with one attached hydrogen (secondary N) is 2. The molecule has 1 aromatic carbocycles.